The van der Waals surface area contributed by atoms with Crippen molar-refractivity contribution < 1.29 is 27.3 Å². The van der Waals surface area contributed by atoms with Crippen molar-refractivity contribution in [2.75, 3.05) is 0 Å². The molecule has 5 aromatic carbocycles. The fourth-order valence-electron chi connectivity index (χ4n) is 5.53. The van der Waals surface area contributed by atoms with Crippen molar-refractivity contribution in [3.05, 3.63) is 164 Å². The third-order valence-corrected chi connectivity index (χ3v) is 7.64. The molecule has 0 amide bonds. The van der Waals surface area contributed by atoms with Gasteiger partial charge in [-0.25, -0.2) is 0 Å². The minimum absolute atomic E-state index is 0. The summed E-state index contributed by atoms with van der Waals surface area (Å²) in [5, 5.41) is 0.857. The van der Waals surface area contributed by atoms with Crippen LogP contribution >= 0.6 is 0 Å². The second-order valence-electron chi connectivity index (χ2n) is 11.3. The fourth-order valence-corrected chi connectivity index (χ4v) is 5.53. The number of para-hydroxylation sites is 2. The standard InChI is InChI=1S/C31H25N2O.C11H8N.Ir/c1-21(2)18-22-12-17-26-27(20-34-30(26)19-22)31-32-28-10-6-7-11-29(28)33(31)25-15-13-24(14-16-25)23-8-4-3-5-9-23;1-2-6-10(7-3-1)11-8-4-5-9-12-11;/h3-17,19,21H,18H2,1-2H3;1-6,8-9H;/q2*-1;/i18D2;;. The molecule has 0 bridgehead atoms. The molecule has 0 saturated heterocycles. The van der Waals surface area contributed by atoms with E-state index in [9.17, 15) is 0 Å². The average Bonchev–Trinajstić information content (AvgIpc) is 3.74. The number of aromatic nitrogens is 3. The van der Waals surface area contributed by atoms with Gasteiger partial charge in [-0.3, -0.25) is 4.98 Å². The first-order chi connectivity index (χ1) is 23.4. The van der Waals surface area contributed by atoms with E-state index in [0.717, 1.165) is 50.3 Å². The van der Waals surface area contributed by atoms with Gasteiger partial charge < -0.3 is 14.0 Å². The van der Waals surface area contributed by atoms with E-state index in [2.05, 4.69) is 64.3 Å². The van der Waals surface area contributed by atoms with Crippen molar-refractivity contribution in [1.29, 1.82) is 0 Å². The molecule has 0 atom stereocenters. The predicted octanol–water partition coefficient (Wildman–Crippen LogP) is 10.7. The molecule has 47 heavy (non-hydrogen) atoms. The van der Waals surface area contributed by atoms with Crippen LogP contribution in [0.25, 0.3) is 61.5 Å². The number of hydrogen-bond acceptors (Lipinski definition) is 3. The summed E-state index contributed by atoms with van der Waals surface area (Å²) < 4.78 is 24.9. The molecule has 0 aliphatic heterocycles. The molecular weight excluding hydrogens is 755 g/mol. The quantitative estimate of drug-likeness (QED) is 0.158. The van der Waals surface area contributed by atoms with Gasteiger partial charge in [-0.15, -0.1) is 42.0 Å². The first-order valence-electron chi connectivity index (χ1n) is 16.4. The van der Waals surface area contributed by atoms with E-state index in [4.69, 9.17) is 12.1 Å². The Labute approximate surface area is 291 Å². The van der Waals surface area contributed by atoms with Gasteiger partial charge in [0.25, 0.3) is 0 Å². The Morgan fingerprint density at radius 2 is 1.53 bits per heavy atom. The third-order valence-electron chi connectivity index (χ3n) is 7.64. The van der Waals surface area contributed by atoms with Crippen LogP contribution in [0.3, 0.4) is 0 Å². The summed E-state index contributed by atoms with van der Waals surface area (Å²) in [6, 6.07) is 49.2. The molecule has 4 nitrogen and oxygen atoms in total. The van der Waals surface area contributed by atoms with Crippen LogP contribution in [0.15, 0.2) is 150 Å². The van der Waals surface area contributed by atoms with E-state index in [-0.39, 0.29) is 26.0 Å². The molecule has 8 aromatic rings. The van der Waals surface area contributed by atoms with Crippen LogP contribution < -0.4 is 0 Å². The summed E-state index contributed by atoms with van der Waals surface area (Å²) in [6.07, 6.45) is 3.40. The number of fused-ring (bicyclic) bond motifs is 2. The van der Waals surface area contributed by atoms with Crippen LogP contribution in [-0.4, -0.2) is 14.5 Å². The normalized spacial score (nSPS) is 11.8. The van der Waals surface area contributed by atoms with Gasteiger partial charge in [-0.1, -0.05) is 109 Å². The number of nitrogens with zero attached hydrogens (tertiary/aromatic N) is 3. The maximum Gasteiger partial charge on any atom is 0.0774 e. The number of hydrogen-bond donors (Lipinski definition) is 0. The largest absolute Gasteiger partial charge is 0.557 e. The fraction of sp³-hybridized carbons (Fsp3) is 0.0952. The van der Waals surface area contributed by atoms with Gasteiger partial charge in [0.2, 0.25) is 0 Å². The zero-order valence-electron chi connectivity index (χ0n) is 28.0. The molecule has 0 aliphatic carbocycles. The van der Waals surface area contributed by atoms with Gasteiger partial charge >= 0.3 is 0 Å². The SMILES string of the molecule is [2H]C([2H])(c1ccc2c(-c3nc4ccccc4n3-c3ccc(-c4ccccc4)cc3)[c-]oc2c1)C(C)C.[Ir].[c-]1ccccc1-c1ccccn1. The maximum atomic E-state index is 8.47. The molecule has 3 heterocycles. The summed E-state index contributed by atoms with van der Waals surface area (Å²) >= 11 is 0. The molecule has 0 aliphatic rings. The zero-order valence-corrected chi connectivity index (χ0v) is 28.4. The van der Waals surface area contributed by atoms with E-state index in [1.54, 1.807) is 12.3 Å². The summed E-state index contributed by atoms with van der Waals surface area (Å²) in [6.45, 7) is 3.77. The predicted molar refractivity (Wildman–Crippen MR) is 188 cm³/mol. The van der Waals surface area contributed by atoms with Gasteiger partial charge in [-0.2, -0.15) is 0 Å². The van der Waals surface area contributed by atoms with Crippen LogP contribution in [0.5, 0.6) is 0 Å². The van der Waals surface area contributed by atoms with Gasteiger partial charge in [0.15, 0.2) is 0 Å². The monoisotopic (exact) mass is 790 g/mol. The molecule has 8 rings (SSSR count). The minimum atomic E-state index is -1.45. The van der Waals surface area contributed by atoms with Crippen LogP contribution in [-0.2, 0) is 26.5 Å². The first-order valence-corrected chi connectivity index (χ1v) is 15.4. The second kappa shape index (κ2) is 14.6. The van der Waals surface area contributed by atoms with E-state index < -0.39 is 6.37 Å². The number of imidazole rings is 1. The number of benzene rings is 5. The van der Waals surface area contributed by atoms with Crippen LogP contribution in [0, 0.1) is 18.2 Å². The Morgan fingerprint density at radius 3 is 2.28 bits per heavy atom. The van der Waals surface area contributed by atoms with Crippen molar-refractivity contribution in [3.8, 4) is 39.5 Å². The Bertz CT molecular complexity index is 2250. The average molecular weight is 790 g/mol. The second-order valence-corrected chi connectivity index (χ2v) is 11.3. The summed E-state index contributed by atoms with van der Waals surface area (Å²) in [5.74, 6) is 0.582. The van der Waals surface area contributed by atoms with Crippen molar-refractivity contribution in [2.24, 2.45) is 5.92 Å². The van der Waals surface area contributed by atoms with E-state index in [1.165, 1.54) is 5.56 Å². The topological polar surface area (TPSA) is 43.9 Å². The molecule has 0 saturated carbocycles. The Kier molecular flexibility index (Phi) is 9.08. The molecule has 0 N–H and O–H groups in total. The van der Waals surface area contributed by atoms with E-state index in [0.29, 0.717) is 11.1 Å². The summed E-state index contributed by atoms with van der Waals surface area (Å²) in [7, 11) is 0. The van der Waals surface area contributed by atoms with Crippen molar-refractivity contribution >= 4 is 22.0 Å². The maximum absolute atomic E-state index is 8.47. The van der Waals surface area contributed by atoms with Crippen LogP contribution in [0.2, 0.25) is 0 Å². The van der Waals surface area contributed by atoms with Gasteiger partial charge in [0.05, 0.1) is 16.9 Å². The first kappa shape index (κ1) is 29.3. The van der Waals surface area contributed by atoms with Crippen molar-refractivity contribution in [1.82, 2.24) is 14.5 Å². The molecular formula is C42H33IrN3O-2. The van der Waals surface area contributed by atoms with Crippen LogP contribution in [0.1, 0.15) is 22.2 Å². The molecule has 3 aromatic heterocycles. The molecule has 5 heteroatoms. The molecule has 0 fully saturated rings. The third kappa shape index (κ3) is 7.02. The van der Waals surface area contributed by atoms with Crippen molar-refractivity contribution in [2.45, 2.75) is 20.2 Å². The Balaban J connectivity index is 0.000000270. The number of pyridine rings is 1. The number of furan rings is 1. The molecule has 233 valence electrons. The van der Waals surface area contributed by atoms with Crippen molar-refractivity contribution in [3.63, 3.8) is 0 Å². The van der Waals surface area contributed by atoms with Gasteiger partial charge in [0.1, 0.15) is 0 Å². The number of rotatable bonds is 6. The van der Waals surface area contributed by atoms with Gasteiger partial charge in [0, 0.05) is 46.6 Å². The Morgan fingerprint density at radius 1 is 0.787 bits per heavy atom. The van der Waals surface area contributed by atoms with Gasteiger partial charge in [-0.05, 0) is 59.4 Å². The molecule has 0 unspecified atom stereocenters. The van der Waals surface area contributed by atoms with E-state index >= 15 is 0 Å². The molecule has 1 radical (unpaired) electrons. The smallest absolute Gasteiger partial charge is 0.0774 e. The molecule has 0 spiro atoms. The van der Waals surface area contributed by atoms with E-state index in [1.807, 2.05) is 105 Å². The minimum Gasteiger partial charge on any atom is -0.557 e. The summed E-state index contributed by atoms with van der Waals surface area (Å²) in [5.41, 5.74) is 9.17. The zero-order chi connectivity index (χ0) is 33.1. The Hall–Kier alpha value is -5.09. The van der Waals surface area contributed by atoms with Crippen LogP contribution in [0.4, 0.5) is 0 Å². The summed E-state index contributed by atoms with van der Waals surface area (Å²) in [4.78, 5) is 9.18.